The maximum atomic E-state index is 12.8. The van der Waals surface area contributed by atoms with E-state index in [-0.39, 0.29) is 18.6 Å². The summed E-state index contributed by atoms with van der Waals surface area (Å²) >= 11 is 0. The lowest BCUT2D eigenvalue weighted by molar-refractivity contribution is -0.274. The van der Waals surface area contributed by atoms with E-state index in [9.17, 15) is 18.0 Å². The van der Waals surface area contributed by atoms with Crippen molar-refractivity contribution in [3.05, 3.63) is 83.9 Å². The van der Waals surface area contributed by atoms with Gasteiger partial charge in [0.1, 0.15) is 18.1 Å². The van der Waals surface area contributed by atoms with E-state index in [1.54, 1.807) is 18.2 Å². The summed E-state index contributed by atoms with van der Waals surface area (Å²) in [5.41, 5.74) is 1.79. The third kappa shape index (κ3) is 5.75. The minimum atomic E-state index is -4.86. The first-order chi connectivity index (χ1) is 13.8. The Labute approximate surface area is 165 Å². The van der Waals surface area contributed by atoms with E-state index < -0.39 is 18.1 Å². The van der Waals surface area contributed by atoms with Gasteiger partial charge in [0.15, 0.2) is 0 Å². The second-order valence-corrected chi connectivity index (χ2v) is 6.22. The van der Waals surface area contributed by atoms with Crippen LogP contribution in [0.3, 0.4) is 0 Å². The van der Waals surface area contributed by atoms with Crippen LogP contribution in [0.4, 0.5) is 13.2 Å². The molecule has 0 aliphatic carbocycles. The molecule has 1 N–H and O–H groups in total. The predicted octanol–water partition coefficient (Wildman–Crippen LogP) is 5.46. The van der Waals surface area contributed by atoms with Gasteiger partial charge in [-0.15, -0.1) is 13.2 Å². The highest BCUT2D eigenvalue weighted by Crippen LogP contribution is 2.39. The number of hydrogen-bond acceptors (Lipinski definition) is 3. The van der Waals surface area contributed by atoms with Crippen LogP contribution in [0.5, 0.6) is 11.5 Å². The number of alkyl halides is 3. The first kappa shape index (κ1) is 20.3. The molecule has 0 spiro atoms. The van der Waals surface area contributed by atoms with Gasteiger partial charge in [-0.1, -0.05) is 54.6 Å². The first-order valence-electron chi connectivity index (χ1n) is 8.68. The minimum absolute atomic E-state index is 0.153. The highest BCUT2D eigenvalue weighted by Gasteiger charge is 2.32. The van der Waals surface area contributed by atoms with Crippen LogP contribution < -0.4 is 9.47 Å². The Morgan fingerprint density at radius 3 is 2.21 bits per heavy atom. The first-order valence-corrected chi connectivity index (χ1v) is 8.68. The molecule has 3 aromatic rings. The SMILES string of the molecule is O=C(O)Cc1ccc(OCc2ccccc2)c(-c2ccccc2OC(F)(F)F)c1. The highest BCUT2D eigenvalue weighted by atomic mass is 19.4. The van der Waals surface area contributed by atoms with E-state index in [4.69, 9.17) is 9.84 Å². The van der Waals surface area contributed by atoms with Crippen molar-refractivity contribution >= 4 is 5.97 Å². The van der Waals surface area contributed by atoms with E-state index in [1.165, 1.54) is 24.3 Å². The standard InChI is InChI=1S/C22H17F3O4/c23-22(24,25)29-20-9-5-4-8-17(20)18-12-16(13-21(26)27)10-11-19(18)28-14-15-6-2-1-3-7-15/h1-12H,13-14H2,(H,26,27). The lowest BCUT2D eigenvalue weighted by Crippen LogP contribution is -2.17. The van der Waals surface area contributed by atoms with Gasteiger partial charge in [-0.25, -0.2) is 0 Å². The number of aliphatic carboxylic acids is 1. The molecule has 3 aromatic carbocycles. The van der Waals surface area contributed by atoms with Gasteiger partial charge in [-0.2, -0.15) is 0 Å². The summed E-state index contributed by atoms with van der Waals surface area (Å²) in [5, 5.41) is 9.05. The molecule has 0 fully saturated rings. The number of benzene rings is 3. The van der Waals surface area contributed by atoms with E-state index in [0.717, 1.165) is 5.56 Å². The molecule has 0 heterocycles. The molecule has 0 radical (unpaired) electrons. The molecular weight excluding hydrogens is 385 g/mol. The number of para-hydroxylation sites is 1. The van der Waals surface area contributed by atoms with Crippen molar-refractivity contribution in [2.75, 3.05) is 0 Å². The molecule has 7 heteroatoms. The quantitative estimate of drug-likeness (QED) is 0.570. The molecule has 0 saturated heterocycles. The van der Waals surface area contributed by atoms with E-state index in [2.05, 4.69) is 4.74 Å². The highest BCUT2D eigenvalue weighted by molar-refractivity contribution is 5.78. The summed E-state index contributed by atoms with van der Waals surface area (Å²) < 4.78 is 48.5. The summed E-state index contributed by atoms with van der Waals surface area (Å²) in [6.07, 6.45) is -5.13. The predicted molar refractivity (Wildman–Crippen MR) is 101 cm³/mol. The lowest BCUT2D eigenvalue weighted by atomic mass is 9.99. The van der Waals surface area contributed by atoms with Crippen molar-refractivity contribution in [2.24, 2.45) is 0 Å². The third-order valence-corrected chi connectivity index (χ3v) is 4.04. The van der Waals surface area contributed by atoms with Crippen LogP contribution in [-0.2, 0) is 17.8 Å². The summed E-state index contributed by atoms with van der Waals surface area (Å²) in [7, 11) is 0. The van der Waals surface area contributed by atoms with Crippen LogP contribution in [0.25, 0.3) is 11.1 Å². The van der Waals surface area contributed by atoms with Crippen LogP contribution in [0.1, 0.15) is 11.1 Å². The average molecular weight is 402 g/mol. The molecular formula is C22H17F3O4. The van der Waals surface area contributed by atoms with Crippen LogP contribution in [0.2, 0.25) is 0 Å². The lowest BCUT2D eigenvalue weighted by Gasteiger charge is -2.17. The van der Waals surface area contributed by atoms with Crippen molar-refractivity contribution in [1.29, 1.82) is 0 Å². The molecule has 4 nitrogen and oxygen atoms in total. The minimum Gasteiger partial charge on any atom is -0.488 e. The molecule has 0 bridgehead atoms. The van der Waals surface area contributed by atoms with Crippen LogP contribution in [0, 0.1) is 0 Å². The maximum Gasteiger partial charge on any atom is 0.573 e. The molecule has 0 atom stereocenters. The Morgan fingerprint density at radius 1 is 0.828 bits per heavy atom. The van der Waals surface area contributed by atoms with Crippen LogP contribution in [0.15, 0.2) is 72.8 Å². The number of carboxylic acids is 1. The molecule has 150 valence electrons. The Kier molecular flexibility index (Phi) is 6.07. The Bertz CT molecular complexity index is 985. The van der Waals surface area contributed by atoms with Crippen molar-refractivity contribution in [1.82, 2.24) is 0 Å². The molecule has 0 aromatic heterocycles. The largest absolute Gasteiger partial charge is 0.573 e. The van der Waals surface area contributed by atoms with Gasteiger partial charge >= 0.3 is 12.3 Å². The monoisotopic (exact) mass is 402 g/mol. The van der Waals surface area contributed by atoms with Gasteiger partial charge in [0, 0.05) is 11.1 Å². The average Bonchev–Trinajstić information content (AvgIpc) is 2.66. The molecule has 0 saturated carbocycles. The fourth-order valence-electron chi connectivity index (χ4n) is 2.84. The van der Waals surface area contributed by atoms with Gasteiger partial charge in [-0.05, 0) is 29.3 Å². The van der Waals surface area contributed by atoms with Gasteiger partial charge in [0.2, 0.25) is 0 Å². The van der Waals surface area contributed by atoms with Gasteiger partial charge in [0.25, 0.3) is 0 Å². The Morgan fingerprint density at radius 2 is 1.52 bits per heavy atom. The fraction of sp³-hybridized carbons (Fsp3) is 0.136. The molecule has 29 heavy (non-hydrogen) atoms. The zero-order valence-corrected chi connectivity index (χ0v) is 15.1. The number of halogens is 3. The Balaban J connectivity index is 2.01. The summed E-state index contributed by atoms with van der Waals surface area (Å²) in [6.45, 7) is 0.203. The van der Waals surface area contributed by atoms with Crippen molar-refractivity contribution in [3.8, 4) is 22.6 Å². The Hall–Kier alpha value is -3.48. The van der Waals surface area contributed by atoms with Gasteiger partial charge in [-0.3, -0.25) is 4.79 Å². The summed E-state index contributed by atoms with van der Waals surface area (Å²) in [4.78, 5) is 11.1. The van der Waals surface area contributed by atoms with Crippen molar-refractivity contribution in [3.63, 3.8) is 0 Å². The topological polar surface area (TPSA) is 55.8 Å². The number of carboxylic acid groups (broad SMARTS) is 1. The number of rotatable bonds is 7. The molecule has 0 aliphatic rings. The van der Waals surface area contributed by atoms with E-state index in [0.29, 0.717) is 16.9 Å². The number of ether oxygens (including phenoxy) is 2. The fourth-order valence-corrected chi connectivity index (χ4v) is 2.84. The van der Waals surface area contributed by atoms with Crippen molar-refractivity contribution < 1.29 is 32.5 Å². The van der Waals surface area contributed by atoms with E-state index >= 15 is 0 Å². The van der Waals surface area contributed by atoms with Gasteiger partial charge in [0.05, 0.1) is 6.42 Å². The third-order valence-electron chi connectivity index (χ3n) is 4.04. The molecule has 0 aliphatic heterocycles. The second kappa shape index (κ2) is 8.68. The van der Waals surface area contributed by atoms with Crippen LogP contribution >= 0.6 is 0 Å². The number of carbonyl (C=O) groups is 1. The van der Waals surface area contributed by atoms with Gasteiger partial charge < -0.3 is 14.6 Å². The zero-order chi connectivity index (χ0) is 20.9. The molecule has 3 rings (SSSR count). The summed E-state index contributed by atoms with van der Waals surface area (Å²) in [6, 6.07) is 19.6. The number of hydrogen-bond donors (Lipinski definition) is 1. The second-order valence-electron chi connectivity index (χ2n) is 6.22. The van der Waals surface area contributed by atoms with Crippen LogP contribution in [-0.4, -0.2) is 17.4 Å². The normalized spacial score (nSPS) is 11.1. The molecule has 0 amide bonds. The van der Waals surface area contributed by atoms with E-state index in [1.807, 2.05) is 30.3 Å². The molecule has 0 unspecified atom stereocenters. The zero-order valence-electron chi connectivity index (χ0n) is 15.1. The smallest absolute Gasteiger partial charge is 0.488 e. The summed E-state index contributed by atoms with van der Waals surface area (Å²) in [5.74, 6) is -1.12. The maximum absolute atomic E-state index is 12.8. The van der Waals surface area contributed by atoms with Crippen molar-refractivity contribution in [2.45, 2.75) is 19.4 Å².